The van der Waals surface area contributed by atoms with Crippen LogP contribution in [0.15, 0.2) is 0 Å². The number of rotatable bonds is 7. The molecule has 0 rings (SSSR count). The highest BCUT2D eigenvalue weighted by molar-refractivity contribution is 5.73. The predicted octanol–water partition coefficient (Wildman–Crippen LogP) is 0.391. The van der Waals surface area contributed by atoms with Crippen molar-refractivity contribution in [2.24, 2.45) is 0 Å². The first-order valence-electron chi connectivity index (χ1n) is 4.68. The molecule has 0 aromatic rings. The van der Waals surface area contributed by atoms with Gasteiger partial charge < -0.3 is 15.3 Å². The standard InChI is InChI=1S/C9H20N2O2/c1-4-6-10-8(9(12)13)5-7-11(2)3/h8,10H,4-7H2,1-3H3,(H,12,13). The quantitative estimate of drug-likeness (QED) is 0.607. The lowest BCUT2D eigenvalue weighted by Gasteiger charge is -2.16. The van der Waals surface area contributed by atoms with Crippen molar-refractivity contribution in [2.75, 3.05) is 27.2 Å². The normalized spacial score (nSPS) is 13.2. The molecule has 0 spiro atoms. The molecule has 78 valence electrons. The van der Waals surface area contributed by atoms with Crippen LogP contribution in [-0.4, -0.2) is 49.2 Å². The van der Waals surface area contributed by atoms with Crippen molar-refractivity contribution < 1.29 is 9.90 Å². The maximum atomic E-state index is 10.7. The van der Waals surface area contributed by atoms with Gasteiger partial charge in [0, 0.05) is 0 Å². The molecule has 0 heterocycles. The number of carbonyl (C=O) groups is 1. The largest absolute Gasteiger partial charge is 0.480 e. The molecule has 0 aromatic carbocycles. The van der Waals surface area contributed by atoms with E-state index in [1.54, 1.807) is 0 Å². The SMILES string of the molecule is CCCNC(CCN(C)C)C(=O)O. The zero-order valence-corrected chi connectivity index (χ0v) is 8.71. The Morgan fingerprint density at radius 2 is 2.15 bits per heavy atom. The summed E-state index contributed by atoms with van der Waals surface area (Å²) in [5, 5.41) is 11.8. The molecule has 0 amide bonds. The van der Waals surface area contributed by atoms with E-state index in [4.69, 9.17) is 5.11 Å². The molecule has 0 radical (unpaired) electrons. The van der Waals surface area contributed by atoms with Gasteiger partial charge in [0.25, 0.3) is 0 Å². The van der Waals surface area contributed by atoms with E-state index in [-0.39, 0.29) is 0 Å². The Morgan fingerprint density at radius 1 is 1.54 bits per heavy atom. The summed E-state index contributed by atoms with van der Waals surface area (Å²) in [4.78, 5) is 12.7. The van der Waals surface area contributed by atoms with Crippen molar-refractivity contribution in [3.8, 4) is 0 Å². The minimum absolute atomic E-state index is 0.401. The molecule has 0 aliphatic carbocycles. The zero-order valence-electron chi connectivity index (χ0n) is 8.71. The Hall–Kier alpha value is -0.610. The van der Waals surface area contributed by atoms with E-state index in [2.05, 4.69) is 5.32 Å². The van der Waals surface area contributed by atoms with E-state index in [9.17, 15) is 4.79 Å². The summed E-state index contributed by atoms with van der Waals surface area (Å²) in [5.41, 5.74) is 0. The molecule has 0 fully saturated rings. The molecule has 1 atom stereocenters. The van der Waals surface area contributed by atoms with Crippen LogP contribution in [0, 0.1) is 0 Å². The molecule has 0 aliphatic rings. The fraction of sp³-hybridized carbons (Fsp3) is 0.889. The number of hydrogen-bond acceptors (Lipinski definition) is 3. The van der Waals surface area contributed by atoms with Gasteiger partial charge in [0.15, 0.2) is 0 Å². The highest BCUT2D eigenvalue weighted by Crippen LogP contribution is 1.94. The summed E-state index contributed by atoms with van der Waals surface area (Å²) < 4.78 is 0. The highest BCUT2D eigenvalue weighted by atomic mass is 16.4. The van der Waals surface area contributed by atoms with Crippen LogP contribution in [0.25, 0.3) is 0 Å². The van der Waals surface area contributed by atoms with Crippen LogP contribution in [0.5, 0.6) is 0 Å². The van der Waals surface area contributed by atoms with Gasteiger partial charge in [0.2, 0.25) is 0 Å². The van der Waals surface area contributed by atoms with Crippen LogP contribution in [0.1, 0.15) is 19.8 Å². The first-order valence-corrected chi connectivity index (χ1v) is 4.68. The molecule has 0 bridgehead atoms. The number of carboxylic acid groups (broad SMARTS) is 1. The Balaban J connectivity index is 3.74. The van der Waals surface area contributed by atoms with Gasteiger partial charge in [-0.1, -0.05) is 6.92 Å². The van der Waals surface area contributed by atoms with E-state index >= 15 is 0 Å². The number of carboxylic acids is 1. The first kappa shape index (κ1) is 12.4. The maximum Gasteiger partial charge on any atom is 0.320 e. The summed E-state index contributed by atoms with van der Waals surface area (Å²) in [6.45, 7) is 3.59. The molecular weight excluding hydrogens is 168 g/mol. The molecule has 4 heteroatoms. The van der Waals surface area contributed by atoms with Crippen LogP contribution in [0.4, 0.5) is 0 Å². The fourth-order valence-corrected chi connectivity index (χ4v) is 1.02. The third kappa shape index (κ3) is 6.54. The van der Waals surface area contributed by atoms with Crippen molar-refractivity contribution in [2.45, 2.75) is 25.8 Å². The fourth-order valence-electron chi connectivity index (χ4n) is 1.02. The molecule has 1 unspecified atom stereocenters. The molecule has 0 aromatic heterocycles. The summed E-state index contributed by atoms with van der Waals surface area (Å²) in [5.74, 6) is -0.754. The van der Waals surface area contributed by atoms with Gasteiger partial charge >= 0.3 is 5.97 Å². The molecule has 0 saturated heterocycles. The van der Waals surface area contributed by atoms with Gasteiger partial charge in [0.05, 0.1) is 0 Å². The molecule has 2 N–H and O–H groups in total. The van der Waals surface area contributed by atoms with Crippen LogP contribution >= 0.6 is 0 Å². The monoisotopic (exact) mass is 188 g/mol. The number of nitrogens with zero attached hydrogens (tertiary/aromatic N) is 1. The lowest BCUT2D eigenvalue weighted by Crippen LogP contribution is -2.39. The van der Waals surface area contributed by atoms with Crippen molar-refractivity contribution in [1.82, 2.24) is 10.2 Å². The lowest BCUT2D eigenvalue weighted by atomic mass is 10.2. The number of hydrogen-bond donors (Lipinski definition) is 2. The van der Waals surface area contributed by atoms with Gasteiger partial charge in [-0.2, -0.15) is 0 Å². The maximum absolute atomic E-state index is 10.7. The minimum atomic E-state index is -0.754. The molecule has 13 heavy (non-hydrogen) atoms. The smallest absolute Gasteiger partial charge is 0.320 e. The van der Waals surface area contributed by atoms with Crippen molar-refractivity contribution in [3.05, 3.63) is 0 Å². The van der Waals surface area contributed by atoms with Crippen molar-refractivity contribution in [3.63, 3.8) is 0 Å². The van der Waals surface area contributed by atoms with E-state index in [1.807, 2.05) is 25.9 Å². The van der Waals surface area contributed by atoms with E-state index < -0.39 is 12.0 Å². The molecular formula is C9H20N2O2. The first-order chi connectivity index (χ1) is 6.07. The van der Waals surface area contributed by atoms with Gasteiger partial charge in [-0.15, -0.1) is 0 Å². The Bertz CT molecular complexity index is 149. The van der Waals surface area contributed by atoms with Gasteiger partial charge in [0.1, 0.15) is 6.04 Å². The molecule has 0 aliphatic heterocycles. The summed E-state index contributed by atoms with van der Waals surface area (Å²) >= 11 is 0. The average Bonchev–Trinajstić information content (AvgIpc) is 2.03. The van der Waals surface area contributed by atoms with Crippen LogP contribution < -0.4 is 5.32 Å². The minimum Gasteiger partial charge on any atom is -0.480 e. The second kappa shape index (κ2) is 6.86. The topological polar surface area (TPSA) is 52.6 Å². The lowest BCUT2D eigenvalue weighted by molar-refractivity contribution is -0.139. The van der Waals surface area contributed by atoms with Crippen molar-refractivity contribution in [1.29, 1.82) is 0 Å². The molecule has 4 nitrogen and oxygen atoms in total. The molecule has 0 saturated carbocycles. The second-order valence-electron chi connectivity index (χ2n) is 3.44. The summed E-state index contributed by atoms with van der Waals surface area (Å²) in [6.07, 6.45) is 1.62. The van der Waals surface area contributed by atoms with Gasteiger partial charge in [-0.05, 0) is 40.0 Å². The van der Waals surface area contributed by atoms with E-state index in [0.717, 1.165) is 19.5 Å². The zero-order chi connectivity index (χ0) is 10.3. The third-order valence-electron chi connectivity index (χ3n) is 1.80. The second-order valence-corrected chi connectivity index (χ2v) is 3.44. The van der Waals surface area contributed by atoms with Gasteiger partial charge in [-0.25, -0.2) is 0 Å². The Labute approximate surface area is 79.9 Å². The van der Waals surface area contributed by atoms with E-state index in [1.165, 1.54) is 0 Å². The number of nitrogens with one attached hydrogen (secondary N) is 1. The van der Waals surface area contributed by atoms with Crippen LogP contribution in [-0.2, 0) is 4.79 Å². The van der Waals surface area contributed by atoms with E-state index in [0.29, 0.717) is 6.42 Å². The number of aliphatic carboxylic acids is 1. The van der Waals surface area contributed by atoms with Gasteiger partial charge in [-0.3, -0.25) is 4.79 Å². The average molecular weight is 188 g/mol. The Kier molecular flexibility index (Phi) is 6.54. The van der Waals surface area contributed by atoms with Crippen molar-refractivity contribution >= 4 is 5.97 Å². The Morgan fingerprint density at radius 3 is 2.54 bits per heavy atom. The third-order valence-corrected chi connectivity index (χ3v) is 1.80. The summed E-state index contributed by atoms with van der Waals surface area (Å²) in [7, 11) is 3.89. The predicted molar refractivity (Wildman–Crippen MR) is 52.9 cm³/mol. The van der Waals surface area contributed by atoms with Crippen LogP contribution in [0.3, 0.4) is 0 Å². The highest BCUT2D eigenvalue weighted by Gasteiger charge is 2.15. The van der Waals surface area contributed by atoms with Crippen LogP contribution in [0.2, 0.25) is 0 Å². The summed E-state index contributed by atoms with van der Waals surface area (Å²) in [6, 6.07) is -0.401.